The quantitative estimate of drug-likeness (QED) is 0.687. The van der Waals surface area contributed by atoms with Gasteiger partial charge >= 0.3 is 0 Å². The summed E-state index contributed by atoms with van der Waals surface area (Å²) in [5.74, 6) is 0.864. The van der Waals surface area contributed by atoms with Crippen LogP contribution >= 0.6 is 0 Å². The molecule has 0 unspecified atom stereocenters. The second-order valence-electron chi connectivity index (χ2n) is 6.96. The second kappa shape index (κ2) is 8.31. The Bertz CT molecular complexity index is 911. The standard InChI is InChI=1S/C21H24N4O3/c1-27-19-4-2-3-15(11-19)20-17(13-23-24-20)12-22-18-5-8-25(9-6-18)21(26)16-7-10-28-14-16/h2-4,7,10-11,13-14,18,22H,5-6,8-9,12H2,1H3,(H,23,24). The van der Waals surface area contributed by atoms with Crippen LogP contribution in [-0.4, -0.2) is 47.2 Å². The molecule has 146 valence electrons. The Balaban J connectivity index is 1.33. The van der Waals surface area contributed by atoms with Gasteiger partial charge in [-0.1, -0.05) is 12.1 Å². The number of aromatic nitrogens is 2. The van der Waals surface area contributed by atoms with Crippen LogP contribution in [0.25, 0.3) is 11.3 Å². The normalized spacial score (nSPS) is 15.0. The minimum absolute atomic E-state index is 0.0438. The lowest BCUT2D eigenvalue weighted by Crippen LogP contribution is -2.44. The van der Waals surface area contributed by atoms with Crippen LogP contribution in [0.2, 0.25) is 0 Å². The molecule has 1 fully saturated rings. The first-order chi connectivity index (χ1) is 13.7. The Morgan fingerprint density at radius 3 is 2.96 bits per heavy atom. The third kappa shape index (κ3) is 3.94. The number of ether oxygens (including phenoxy) is 1. The minimum atomic E-state index is 0.0438. The average Bonchev–Trinajstić information content (AvgIpc) is 3.44. The fourth-order valence-electron chi connectivity index (χ4n) is 3.58. The Morgan fingerprint density at radius 1 is 1.36 bits per heavy atom. The molecule has 3 heterocycles. The molecule has 1 aliphatic rings. The van der Waals surface area contributed by atoms with Crippen LogP contribution in [0.15, 0.2) is 53.5 Å². The zero-order valence-electron chi connectivity index (χ0n) is 15.9. The van der Waals surface area contributed by atoms with Gasteiger partial charge in [-0.25, -0.2) is 0 Å². The monoisotopic (exact) mass is 380 g/mol. The van der Waals surface area contributed by atoms with Crippen molar-refractivity contribution < 1.29 is 13.9 Å². The molecule has 0 aliphatic carbocycles. The van der Waals surface area contributed by atoms with Crippen molar-refractivity contribution >= 4 is 5.91 Å². The molecular weight excluding hydrogens is 356 g/mol. The molecule has 0 radical (unpaired) electrons. The van der Waals surface area contributed by atoms with Crippen LogP contribution in [0.1, 0.15) is 28.8 Å². The highest BCUT2D eigenvalue weighted by atomic mass is 16.5. The largest absolute Gasteiger partial charge is 0.497 e. The van der Waals surface area contributed by atoms with Crippen molar-refractivity contribution in [3.05, 3.63) is 60.2 Å². The topological polar surface area (TPSA) is 83.4 Å². The van der Waals surface area contributed by atoms with Crippen molar-refractivity contribution in [3.63, 3.8) is 0 Å². The van der Waals surface area contributed by atoms with Crippen LogP contribution in [0, 0.1) is 0 Å². The van der Waals surface area contributed by atoms with Gasteiger partial charge < -0.3 is 19.4 Å². The lowest BCUT2D eigenvalue weighted by molar-refractivity contribution is 0.0704. The molecule has 2 aromatic heterocycles. The number of methoxy groups -OCH3 is 1. The number of carbonyl (C=O) groups excluding carboxylic acids is 1. The molecule has 0 saturated carbocycles. The van der Waals surface area contributed by atoms with E-state index in [0.717, 1.165) is 55.0 Å². The molecule has 1 saturated heterocycles. The number of aromatic amines is 1. The van der Waals surface area contributed by atoms with Crippen molar-refractivity contribution in [2.24, 2.45) is 0 Å². The Kier molecular flexibility index (Phi) is 5.43. The summed E-state index contributed by atoms with van der Waals surface area (Å²) in [4.78, 5) is 14.3. The number of likely N-dealkylation sites (tertiary alicyclic amines) is 1. The number of piperidine rings is 1. The van der Waals surface area contributed by atoms with E-state index in [0.29, 0.717) is 11.6 Å². The van der Waals surface area contributed by atoms with Gasteiger partial charge in [0.2, 0.25) is 0 Å². The van der Waals surface area contributed by atoms with Gasteiger partial charge in [0.1, 0.15) is 12.0 Å². The van der Waals surface area contributed by atoms with E-state index < -0.39 is 0 Å². The summed E-state index contributed by atoms with van der Waals surface area (Å²) in [5, 5.41) is 10.9. The highest BCUT2D eigenvalue weighted by molar-refractivity contribution is 5.93. The predicted octanol–water partition coefficient (Wildman–Crippen LogP) is 3.07. The zero-order chi connectivity index (χ0) is 19.3. The maximum atomic E-state index is 12.4. The van der Waals surface area contributed by atoms with E-state index in [-0.39, 0.29) is 5.91 Å². The number of rotatable bonds is 6. The lowest BCUT2D eigenvalue weighted by atomic mass is 10.0. The molecule has 4 rings (SSSR count). The number of H-pyrrole nitrogens is 1. The molecule has 3 aromatic rings. The number of nitrogens with zero attached hydrogens (tertiary/aromatic N) is 2. The van der Waals surface area contributed by atoms with Gasteiger partial charge in [-0.3, -0.25) is 9.89 Å². The molecule has 1 amide bonds. The zero-order valence-corrected chi connectivity index (χ0v) is 15.9. The van der Waals surface area contributed by atoms with E-state index in [1.54, 1.807) is 13.2 Å². The molecule has 1 aromatic carbocycles. The Labute approximate surface area is 163 Å². The van der Waals surface area contributed by atoms with Gasteiger partial charge in [-0.2, -0.15) is 5.10 Å². The smallest absolute Gasteiger partial charge is 0.257 e. The Hall–Kier alpha value is -3.06. The summed E-state index contributed by atoms with van der Waals surface area (Å²) in [6.45, 7) is 2.22. The minimum Gasteiger partial charge on any atom is -0.497 e. The van der Waals surface area contributed by atoms with Gasteiger partial charge in [0.15, 0.2) is 0 Å². The van der Waals surface area contributed by atoms with Gasteiger partial charge in [0, 0.05) is 36.8 Å². The summed E-state index contributed by atoms with van der Waals surface area (Å²) in [6, 6.07) is 10.0. The van der Waals surface area contributed by atoms with Crippen LogP contribution in [0.4, 0.5) is 0 Å². The van der Waals surface area contributed by atoms with Crippen LogP contribution in [0.3, 0.4) is 0 Å². The summed E-state index contributed by atoms with van der Waals surface area (Å²) in [7, 11) is 1.66. The summed E-state index contributed by atoms with van der Waals surface area (Å²) in [6.07, 6.45) is 6.75. The number of carbonyl (C=O) groups is 1. The number of benzene rings is 1. The number of furan rings is 1. The SMILES string of the molecule is COc1cccc(-c2[nH]ncc2CNC2CCN(C(=O)c3ccoc3)CC2)c1. The van der Waals surface area contributed by atoms with E-state index in [9.17, 15) is 4.79 Å². The third-order valence-corrected chi connectivity index (χ3v) is 5.21. The van der Waals surface area contributed by atoms with Crippen molar-refractivity contribution in [1.29, 1.82) is 0 Å². The fraction of sp³-hybridized carbons (Fsp3) is 0.333. The molecule has 7 heteroatoms. The van der Waals surface area contributed by atoms with Gasteiger partial charge in [0.05, 0.1) is 30.8 Å². The second-order valence-corrected chi connectivity index (χ2v) is 6.96. The van der Waals surface area contributed by atoms with Gasteiger partial charge in [0.25, 0.3) is 5.91 Å². The average molecular weight is 380 g/mol. The number of hydrogen-bond donors (Lipinski definition) is 2. The molecule has 2 N–H and O–H groups in total. The maximum Gasteiger partial charge on any atom is 0.257 e. The lowest BCUT2D eigenvalue weighted by Gasteiger charge is -2.32. The number of hydrogen-bond acceptors (Lipinski definition) is 5. The molecule has 1 aliphatic heterocycles. The summed E-state index contributed by atoms with van der Waals surface area (Å²) < 4.78 is 10.3. The molecule has 28 heavy (non-hydrogen) atoms. The highest BCUT2D eigenvalue weighted by Gasteiger charge is 2.24. The summed E-state index contributed by atoms with van der Waals surface area (Å²) in [5.41, 5.74) is 3.78. The van der Waals surface area contributed by atoms with Gasteiger partial charge in [-0.15, -0.1) is 0 Å². The third-order valence-electron chi connectivity index (χ3n) is 5.21. The first-order valence-corrected chi connectivity index (χ1v) is 9.46. The first-order valence-electron chi connectivity index (χ1n) is 9.46. The highest BCUT2D eigenvalue weighted by Crippen LogP contribution is 2.25. The molecule has 0 atom stereocenters. The summed E-state index contributed by atoms with van der Waals surface area (Å²) >= 11 is 0. The van der Waals surface area contributed by atoms with Crippen LogP contribution in [-0.2, 0) is 6.54 Å². The first kappa shape index (κ1) is 18.3. The van der Waals surface area contributed by atoms with E-state index >= 15 is 0 Å². The van der Waals surface area contributed by atoms with E-state index in [4.69, 9.17) is 9.15 Å². The van der Waals surface area contributed by atoms with Crippen LogP contribution < -0.4 is 10.1 Å². The van der Waals surface area contributed by atoms with Crippen LogP contribution in [0.5, 0.6) is 5.75 Å². The van der Waals surface area contributed by atoms with E-state index in [1.807, 2.05) is 35.4 Å². The van der Waals surface area contributed by atoms with Crippen molar-refractivity contribution in [2.75, 3.05) is 20.2 Å². The molecule has 0 spiro atoms. The van der Waals surface area contributed by atoms with Gasteiger partial charge in [-0.05, 0) is 31.0 Å². The Morgan fingerprint density at radius 2 is 2.21 bits per heavy atom. The fourth-order valence-corrected chi connectivity index (χ4v) is 3.58. The molecule has 7 nitrogen and oxygen atoms in total. The molecule has 0 bridgehead atoms. The van der Waals surface area contributed by atoms with E-state index in [1.165, 1.54) is 12.5 Å². The number of nitrogens with one attached hydrogen (secondary N) is 2. The maximum absolute atomic E-state index is 12.4. The predicted molar refractivity (Wildman–Crippen MR) is 105 cm³/mol. The number of amides is 1. The van der Waals surface area contributed by atoms with Crippen molar-refractivity contribution in [2.45, 2.75) is 25.4 Å². The molecular formula is C21H24N4O3. The van der Waals surface area contributed by atoms with E-state index in [2.05, 4.69) is 15.5 Å². The van der Waals surface area contributed by atoms with Crippen molar-refractivity contribution in [1.82, 2.24) is 20.4 Å². The van der Waals surface area contributed by atoms with Crippen molar-refractivity contribution in [3.8, 4) is 17.0 Å².